The Balaban J connectivity index is 1.42. The van der Waals surface area contributed by atoms with Crippen LogP contribution in [-0.4, -0.2) is 41.2 Å². The van der Waals surface area contributed by atoms with Crippen LogP contribution in [0.3, 0.4) is 0 Å². The first-order chi connectivity index (χ1) is 18.9. The largest absolute Gasteiger partial charge is 0.413 e. The van der Waals surface area contributed by atoms with Crippen LogP contribution in [0.5, 0.6) is 0 Å². The van der Waals surface area contributed by atoms with E-state index in [9.17, 15) is 14.0 Å². The molecular weight excluding hydrogens is 523 g/mol. The SMILES string of the molecule is Cc1cc2c(cc1C(=O)N1CCc3cc(F)ccc31)[nH]c(=O)c1cnc([C@@H]3CCC[C@@H]3O[Si](C)(C)C(C)(C)C)n12. The second kappa shape index (κ2) is 9.38. The van der Waals surface area contributed by atoms with Gasteiger partial charge in [0.25, 0.3) is 11.5 Å². The first-order valence-electron chi connectivity index (χ1n) is 14.2. The normalized spacial score (nSPS) is 19.6. The first kappa shape index (κ1) is 26.9. The van der Waals surface area contributed by atoms with Crippen LogP contribution in [0.2, 0.25) is 18.1 Å². The molecule has 9 heteroatoms. The third-order valence-corrected chi connectivity index (χ3v) is 13.8. The lowest BCUT2D eigenvalue weighted by molar-refractivity contribution is 0.0989. The highest BCUT2D eigenvalue weighted by Crippen LogP contribution is 2.44. The molecule has 1 aliphatic heterocycles. The monoisotopic (exact) mass is 560 g/mol. The fourth-order valence-electron chi connectivity index (χ4n) is 6.08. The van der Waals surface area contributed by atoms with Crippen LogP contribution >= 0.6 is 0 Å². The molecule has 0 spiro atoms. The Morgan fingerprint density at radius 2 is 1.93 bits per heavy atom. The number of nitrogens with zero attached hydrogens (tertiary/aromatic N) is 3. The number of carbonyl (C=O) groups is 1. The Bertz CT molecular complexity index is 1720. The average molecular weight is 561 g/mol. The fraction of sp³-hybridized carbons (Fsp3) is 0.452. The van der Waals surface area contributed by atoms with Crippen molar-refractivity contribution in [2.24, 2.45) is 0 Å². The molecule has 7 nitrogen and oxygen atoms in total. The van der Waals surface area contributed by atoms with E-state index in [2.05, 4.69) is 38.8 Å². The molecule has 1 amide bonds. The third-order valence-electron chi connectivity index (χ3n) is 9.30. The Kier molecular flexibility index (Phi) is 6.31. The van der Waals surface area contributed by atoms with Crippen LogP contribution in [0.4, 0.5) is 10.1 Å². The van der Waals surface area contributed by atoms with E-state index in [1.54, 1.807) is 23.2 Å². The highest BCUT2D eigenvalue weighted by atomic mass is 28.4. The third kappa shape index (κ3) is 4.30. The van der Waals surface area contributed by atoms with E-state index in [1.165, 1.54) is 12.1 Å². The standard InChI is InChI=1S/C31H37FN4O3Si/c1-18-14-25-23(16-22(18)30(38)35-13-12-19-15-20(32)10-11-24(19)35)34-29(37)26-17-33-28(36(25)26)21-8-7-9-27(21)39-40(5,6)31(2,3)4/h10-11,14-17,21,27H,7-9,12-13H2,1-6H3,(H,34,37)/t21-,27+/m1/s1. The van der Waals surface area contributed by atoms with E-state index >= 15 is 0 Å². The zero-order valence-electron chi connectivity index (χ0n) is 24.1. The number of nitrogens with one attached hydrogen (secondary N) is 1. The maximum atomic E-state index is 13.7. The smallest absolute Gasteiger partial charge is 0.274 e. The lowest BCUT2D eigenvalue weighted by Gasteiger charge is -2.39. The second-order valence-electron chi connectivity index (χ2n) is 12.9. The van der Waals surface area contributed by atoms with Crippen molar-refractivity contribution in [3.8, 4) is 0 Å². The van der Waals surface area contributed by atoms with Gasteiger partial charge in [-0.05, 0) is 85.8 Å². The van der Waals surface area contributed by atoms with Gasteiger partial charge in [-0.1, -0.05) is 27.2 Å². The Hall–Kier alpha value is -3.30. The van der Waals surface area contributed by atoms with Gasteiger partial charge in [-0.2, -0.15) is 0 Å². The lowest BCUT2D eigenvalue weighted by atomic mass is 10.0. The number of fused-ring (bicyclic) bond motifs is 4. The summed E-state index contributed by atoms with van der Waals surface area (Å²) in [6.45, 7) is 13.7. The van der Waals surface area contributed by atoms with Gasteiger partial charge in [-0.15, -0.1) is 0 Å². The molecule has 2 atom stereocenters. The minimum atomic E-state index is -1.99. The number of aromatic nitrogens is 3. The number of benzene rings is 2. The summed E-state index contributed by atoms with van der Waals surface area (Å²) in [5.74, 6) is 0.480. The molecule has 210 valence electrons. The van der Waals surface area contributed by atoms with Crippen molar-refractivity contribution >= 4 is 36.5 Å². The number of halogens is 1. The molecule has 2 aliphatic rings. The maximum Gasteiger partial charge on any atom is 0.274 e. The number of H-pyrrole nitrogens is 1. The maximum absolute atomic E-state index is 13.7. The van der Waals surface area contributed by atoms with E-state index in [0.29, 0.717) is 29.6 Å². The number of aryl methyl sites for hydroxylation is 1. The molecule has 1 saturated carbocycles. The van der Waals surface area contributed by atoms with Gasteiger partial charge in [0.15, 0.2) is 8.32 Å². The number of hydrogen-bond donors (Lipinski definition) is 1. The number of rotatable bonds is 4. The number of carbonyl (C=O) groups excluding carboxylic acids is 1. The van der Waals surface area contributed by atoms with Crippen molar-refractivity contribution < 1.29 is 13.6 Å². The van der Waals surface area contributed by atoms with Crippen LogP contribution in [0.1, 0.15) is 73.3 Å². The van der Waals surface area contributed by atoms with E-state index in [-0.39, 0.29) is 34.3 Å². The van der Waals surface area contributed by atoms with Crippen molar-refractivity contribution in [1.82, 2.24) is 14.4 Å². The van der Waals surface area contributed by atoms with Gasteiger partial charge in [0.05, 0.1) is 23.3 Å². The van der Waals surface area contributed by atoms with Gasteiger partial charge in [0.2, 0.25) is 0 Å². The summed E-state index contributed by atoms with van der Waals surface area (Å²) < 4.78 is 22.6. The summed E-state index contributed by atoms with van der Waals surface area (Å²) in [6.07, 6.45) is 5.32. The van der Waals surface area contributed by atoms with Crippen LogP contribution in [-0.2, 0) is 10.8 Å². The van der Waals surface area contributed by atoms with Crippen molar-refractivity contribution in [3.05, 3.63) is 75.2 Å². The van der Waals surface area contributed by atoms with Crippen LogP contribution < -0.4 is 10.5 Å². The molecule has 1 fully saturated rings. The molecule has 0 bridgehead atoms. The summed E-state index contributed by atoms with van der Waals surface area (Å²) >= 11 is 0. The number of aromatic amines is 1. The summed E-state index contributed by atoms with van der Waals surface area (Å²) in [4.78, 5) is 36.4. The van der Waals surface area contributed by atoms with Crippen LogP contribution in [0, 0.1) is 12.7 Å². The molecule has 0 radical (unpaired) electrons. The quantitative estimate of drug-likeness (QED) is 0.290. The molecule has 1 aliphatic carbocycles. The van der Waals surface area contributed by atoms with Crippen molar-refractivity contribution in [3.63, 3.8) is 0 Å². The predicted octanol–water partition coefficient (Wildman–Crippen LogP) is 6.48. The van der Waals surface area contributed by atoms with Gasteiger partial charge in [0, 0.05) is 23.7 Å². The molecule has 2 aromatic heterocycles. The molecule has 3 heterocycles. The number of amides is 1. The number of hydrogen-bond acceptors (Lipinski definition) is 4. The zero-order chi connectivity index (χ0) is 28.6. The van der Waals surface area contributed by atoms with E-state index in [4.69, 9.17) is 9.41 Å². The van der Waals surface area contributed by atoms with Crippen molar-refractivity contribution in [2.45, 2.75) is 83.5 Å². The highest BCUT2D eigenvalue weighted by Gasteiger charge is 2.43. The molecule has 6 rings (SSSR count). The highest BCUT2D eigenvalue weighted by molar-refractivity contribution is 6.74. The predicted molar refractivity (Wildman–Crippen MR) is 158 cm³/mol. The summed E-state index contributed by atoms with van der Waals surface area (Å²) in [5, 5.41) is 0.0999. The fourth-order valence-corrected chi connectivity index (χ4v) is 7.47. The first-order valence-corrected chi connectivity index (χ1v) is 17.1. The molecule has 1 N–H and O–H groups in total. The topological polar surface area (TPSA) is 79.7 Å². The minimum Gasteiger partial charge on any atom is -0.413 e. The van der Waals surface area contributed by atoms with Crippen molar-refractivity contribution in [1.29, 1.82) is 0 Å². The lowest BCUT2D eigenvalue weighted by Crippen LogP contribution is -2.44. The molecule has 0 unspecified atom stereocenters. The van der Waals surface area contributed by atoms with Gasteiger partial charge in [0.1, 0.15) is 17.2 Å². The van der Waals surface area contributed by atoms with E-state index < -0.39 is 8.32 Å². The molecule has 40 heavy (non-hydrogen) atoms. The van der Waals surface area contributed by atoms with Gasteiger partial charge >= 0.3 is 0 Å². The molecule has 4 aromatic rings. The Labute approximate surface area is 234 Å². The zero-order valence-corrected chi connectivity index (χ0v) is 25.1. The second-order valence-corrected chi connectivity index (χ2v) is 17.7. The number of anilines is 1. The van der Waals surface area contributed by atoms with E-state index in [1.807, 2.05) is 17.4 Å². The molecule has 2 aromatic carbocycles. The van der Waals surface area contributed by atoms with Gasteiger partial charge in [-0.3, -0.25) is 14.0 Å². The van der Waals surface area contributed by atoms with Gasteiger partial charge < -0.3 is 14.3 Å². The summed E-state index contributed by atoms with van der Waals surface area (Å²) in [5.41, 5.74) is 4.55. The number of imidazole rings is 1. The van der Waals surface area contributed by atoms with Crippen LogP contribution in [0.15, 0.2) is 41.3 Å². The molecule has 0 saturated heterocycles. The summed E-state index contributed by atoms with van der Waals surface area (Å²) in [6, 6.07) is 8.29. The van der Waals surface area contributed by atoms with Crippen LogP contribution in [0.25, 0.3) is 16.6 Å². The Morgan fingerprint density at radius 1 is 1.15 bits per heavy atom. The van der Waals surface area contributed by atoms with Gasteiger partial charge in [-0.25, -0.2) is 9.37 Å². The summed E-state index contributed by atoms with van der Waals surface area (Å²) in [7, 11) is -1.99. The Morgan fingerprint density at radius 3 is 2.67 bits per heavy atom. The van der Waals surface area contributed by atoms with E-state index in [0.717, 1.165) is 47.4 Å². The minimum absolute atomic E-state index is 0.0582. The molecular formula is C31H37FN4O3Si. The average Bonchev–Trinajstić information content (AvgIpc) is 3.61. The van der Waals surface area contributed by atoms with Crippen molar-refractivity contribution in [2.75, 3.05) is 11.4 Å².